The first-order valence-electron chi connectivity index (χ1n) is 6.11. The Balaban J connectivity index is 2.97. The Morgan fingerprint density at radius 3 is 2.61 bits per heavy atom. The van der Waals surface area contributed by atoms with Gasteiger partial charge >= 0.3 is 0 Å². The molecule has 0 aromatic heterocycles. The van der Waals surface area contributed by atoms with Crippen LogP contribution in [0.2, 0.25) is 0 Å². The van der Waals surface area contributed by atoms with E-state index in [4.69, 9.17) is 15.6 Å². The number of nitrogens with one attached hydrogen (secondary N) is 1. The second-order valence-electron chi connectivity index (χ2n) is 4.47. The monoisotopic (exact) mass is 256 g/mol. The van der Waals surface area contributed by atoms with Gasteiger partial charge in [0, 0.05) is 18.2 Å². The van der Waals surface area contributed by atoms with E-state index in [1.807, 2.05) is 20.8 Å². The lowest BCUT2D eigenvalue weighted by Gasteiger charge is -2.19. The zero-order valence-electron chi connectivity index (χ0n) is 11.0. The normalized spacial score (nSPS) is 12.6. The summed E-state index contributed by atoms with van der Waals surface area (Å²) in [6, 6.07) is 2.65. The summed E-state index contributed by atoms with van der Waals surface area (Å²) in [4.78, 5) is 0. The number of benzene rings is 1. The maximum atomic E-state index is 13.6. The largest absolute Gasteiger partial charge is 0.488 e. The Hall–Kier alpha value is -1.49. The molecule has 0 saturated heterocycles. The number of rotatable bonds is 6. The van der Waals surface area contributed by atoms with Crippen LogP contribution in [0.25, 0.3) is 0 Å². The standard InChI is InChI=1S/C13H21FN2O2/c1-4-9(7-17)16-12-6-13(18-8(2)3)10(14)5-11(12)15/h5-6,8-9,16-17H,4,7,15H2,1-3H3. The molecule has 0 aliphatic heterocycles. The van der Waals surface area contributed by atoms with E-state index in [2.05, 4.69) is 5.32 Å². The first-order valence-corrected chi connectivity index (χ1v) is 6.11. The number of nitrogen functional groups attached to an aromatic ring is 1. The molecule has 1 atom stereocenters. The Bertz CT molecular complexity index is 393. The smallest absolute Gasteiger partial charge is 0.167 e. The minimum absolute atomic E-state index is 0.00626. The third-order valence-electron chi connectivity index (χ3n) is 2.54. The molecule has 1 aromatic rings. The number of hydrogen-bond donors (Lipinski definition) is 3. The molecular weight excluding hydrogens is 235 g/mol. The molecule has 102 valence electrons. The number of aliphatic hydroxyl groups excluding tert-OH is 1. The number of nitrogens with two attached hydrogens (primary N) is 1. The van der Waals surface area contributed by atoms with Crippen LogP contribution in [0.3, 0.4) is 0 Å². The lowest BCUT2D eigenvalue weighted by atomic mass is 10.2. The minimum Gasteiger partial charge on any atom is -0.488 e. The molecule has 0 amide bonds. The molecule has 0 aliphatic carbocycles. The lowest BCUT2D eigenvalue weighted by molar-refractivity contribution is 0.231. The molecule has 0 radical (unpaired) electrons. The van der Waals surface area contributed by atoms with Crippen LogP contribution in [0.15, 0.2) is 12.1 Å². The van der Waals surface area contributed by atoms with E-state index in [1.54, 1.807) is 0 Å². The van der Waals surface area contributed by atoms with Gasteiger partial charge in [0.1, 0.15) is 0 Å². The molecule has 0 saturated carbocycles. The highest BCUT2D eigenvalue weighted by Crippen LogP contribution is 2.29. The second-order valence-corrected chi connectivity index (χ2v) is 4.47. The summed E-state index contributed by atoms with van der Waals surface area (Å²) < 4.78 is 19.0. The van der Waals surface area contributed by atoms with Crippen molar-refractivity contribution in [3.05, 3.63) is 17.9 Å². The van der Waals surface area contributed by atoms with Gasteiger partial charge in [0.2, 0.25) is 0 Å². The third kappa shape index (κ3) is 3.77. The van der Waals surface area contributed by atoms with Crippen LogP contribution in [-0.4, -0.2) is 23.9 Å². The van der Waals surface area contributed by atoms with E-state index in [-0.39, 0.29) is 24.5 Å². The molecule has 0 aliphatic rings. The molecule has 0 bridgehead atoms. The minimum atomic E-state index is -0.483. The second kappa shape index (κ2) is 6.44. The van der Waals surface area contributed by atoms with Gasteiger partial charge in [0.05, 0.1) is 24.1 Å². The highest BCUT2D eigenvalue weighted by molar-refractivity contribution is 5.69. The average Bonchev–Trinajstić information content (AvgIpc) is 2.30. The van der Waals surface area contributed by atoms with E-state index >= 15 is 0 Å². The number of anilines is 2. The molecule has 0 spiro atoms. The molecule has 1 rings (SSSR count). The molecule has 18 heavy (non-hydrogen) atoms. The van der Waals surface area contributed by atoms with Crippen LogP contribution in [-0.2, 0) is 0 Å². The summed E-state index contributed by atoms with van der Waals surface area (Å²) >= 11 is 0. The summed E-state index contributed by atoms with van der Waals surface area (Å²) in [7, 11) is 0. The van der Waals surface area contributed by atoms with E-state index in [0.29, 0.717) is 11.4 Å². The fraction of sp³-hybridized carbons (Fsp3) is 0.538. The van der Waals surface area contributed by atoms with Crippen molar-refractivity contribution in [3.63, 3.8) is 0 Å². The molecule has 5 heteroatoms. The van der Waals surface area contributed by atoms with Gasteiger partial charge in [-0.15, -0.1) is 0 Å². The van der Waals surface area contributed by atoms with Gasteiger partial charge in [-0.25, -0.2) is 4.39 Å². The van der Waals surface area contributed by atoms with Crippen molar-refractivity contribution in [2.24, 2.45) is 0 Å². The van der Waals surface area contributed by atoms with Crippen molar-refractivity contribution in [2.45, 2.75) is 39.3 Å². The van der Waals surface area contributed by atoms with Crippen molar-refractivity contribution >= 4 is 11.4 Å². The molecular formula is C13H21FN2O2. The summed E-state index contributed by atoms with van der Waals surface area (Å²) in [5, 5.41) is 12.2. The van der Waals surface area contributed by atoms with Gasteiger partial charge in [-0.1, -0.05) is 6.92 Å². The molecule has 0 heterocycles. The van der Waals surface area contributed by atoms with E-state index in [1.165, 1.54) is 12.1 Å². The number of aliphatic hydroxyl groups is 1. The molecule has 4 N–H and O–H groups in total. The zero-order chi connectivity index (χ0) is 13.7. The Morgan fingerprint density at radius 1 is 1.44 bits per heavy atom. The Kier molecular flexibility index (Phi) is 5.22. The lowest BCUT2D eigenvalue weighted by Crippen LogP contribution is -2.23. The quantitative estimate of drug-likeness (QED) is 0.684. The van der Waals surface area contributed by atoms with Crippen molar-refractivity contribution in [3.8, 4) is 5.75 Å². The summed E-state index contributed by atoms with van der Waals surface area (Å²) in [6.07, 6.45) is 0.629. The van der Waals surface area contributed by atoms with Gasteiger partial charge < -0.3 is 20.9 Å². The van der Waals surface area contributed by atoms with E-state index in [9.17, 15) is 4.39 Å². The SMILES string of the molecule is CCC(CO)Nc1cc(OC(C)C)c(F)cc1N. The van der Waals surface area contributed by atoms with E-state index in [0.717, 1.165) is 6.42 Å². The molecule has 0 fully saturated rings. The van der Waals surface area contributed by atoms with Crippen molar-refractivity contribution in [1.82, 2.24) is 0 Å². The van der Waals surface area contributed by atoms with Crippen LogP contribution < -0.4 is 15.8 Å². The predicted octanol–water partition coefficient (Wildman–Crippen LogP) is 2.38. The van der Waals surface area contributed by atoms with Gasteiger partial charge in [-0.2, -0.15) is 0 Å². The van der Waals surface area contributed by atoms with Crippen molar-refractivity contribution in [1.29, 1.82) is 0 Å². The average molecular weight is 256 g/mol. The first kappa shape index (κ1) is 14.6. The van der Waals surface area contributed by atoms with Gasteiger partial charge in [-0.05, 0) is 20.3 Å². The van der Waals surface area contributed by atoms with Gasteiger partial charge in [-0.3, -0.25) is 0 Å². The zero-order valence-corrected chi connectivity index (χ0v) is 11.0. The summed E-state index contributed by atoms with van der Waals surface area (Å²) in [5.41, 5.74) is 6.62. The topological polar surface area (TPSA) is 67.5 Å². The molecule has 1 unspecified atom stereocenters. The highest BCUT2D eigenvalue weighted by atomic mass is 19.1. The maximum Gasteiger partial charge on any atom is 0.167 e. The Labute approximate surface area is 107 Å². The third-order valence-corrected chi connectivity index (χ3v) is 2.54. The van der Waals surface area contributed by atoms with Crippen LogP contribution in [0, 0.1) is 5.82 Å². The van der Waals surface area contributed by atoms with Crippen molar-refractivity contribution < 1.29 is 14.2 Å². The number of hydrogen-bond acceptors (Lipinski definition) is 4. The van der Waals surface area contributed by atoms with Crippen LogP contribution >= 0.6 is 0 Å². The van der Waals surface area contributed by atoms with Crippen LogP contribution in [0.5, 0.6) is 5.75 Å². The summed E-state index contributed by atoms with van der Waals surface area (Å²) in [5.74, 6) is -0.321. The van der Waals surface area contributed by atoms with Gasteiger partial charge in [0.15, 0.2) is 11.6 Å². The predicted molar refractivity (Wildman–Crippen MR) is 71.4 cm³/mol. The maximum absolute atomic E-state index is 13.6. The summed E-state index contributed by atoms with van der Waals surface area (Å²) in [6.45, 7) is 5.59. The first-order chi connectivity index (χ1) is 8.47. The molecule has 4 nitrogen and oxygen atoms in total. The van der Waals surface area contributed by atoms with Crippen LogP contribution in [0.1, 0.15) is 27.2 Å². The van der Waals surface area contributed by atoms with Gasteiger partial charge in [0.25, 0.3) is 0 Å². The molecule has 1 aromatic carbocycles. The number of ether oxygens (including phenoxy) is 1. The fourth-order valence-electron chi connectivity index (χ4n) is 1.53. The number of halogens is 1. The van der Waals surface area contributed by atoms with Crippen LogP contribution in [0.4, 0.5) is 15.8 Å². The van der Waals surface area contributed by atoms with Crippen molar-refractivity contribution in [2.75, 3.05) is 17.7 Å². The highest BCUT2D eigenvalue weighted by Gasteiger charge is 2.13. The fourth-order valence-corrected chi connectivity index (χ4v) is 1.53. The Morgan fingerprint density at radius 2 is 2.11 bits per heavy atom. The van der Waals surface area contributed by atoms with E-state index < -0.39 is 5.82 Å².